The van der Waals surface area contributed by atoms with Gasteiger partial charge in [-0.2, -0.15) is 0 Å². The molecule has 0 aliphatic carbocycles. The number of anilines is 2. The number of para-hydroxylation sites is 2. The molecular weight excluding hydrogens is 268 g/mol. The summed E-state index contributed by atoms with van der Waals surface area (Å²) in [6.07, 6.45) is 0. The minimum absolute atomic E-state index is 0.00316. The average Bonchev–Trinajstić information content (AvgIpc) is 2.92. The molecule has 0 aliphatic rings. The van der Waals surface area contributed by atoms with Crippen molar-refractivity contribution in [2.45, 2.75) is 32.9 Å². The van der Waals surface area contributed by atoms with E-state index >= 15 is 0 Å². The van der Waals surface area contributed by atoms with Gasteiger partial charge in [0.1, 0.15) is 5.75 Å². The first-order valence-corrected chi connectivity index (χ1v) is 6.85. The number of hydrogen-bond acceptors (Lipinski definition) is 6. The summed E-state index contributed by atoms with van der Waals surface area (Å²) >= 11 is 0. The Bertz CT molecular complexity index is 589. The maximum Gasteiger partial charge on any atom is 0.322 e. The molecule has 1 N–H and O–H groups in total. The first kappa shape index (κ1) is 15.3. The van der Waals surface area contributed by atoms with Gasteiger partial charge in [0.15, 0.2) is 0 Å². The molecule has 0 saturated carbocycles. The molecule has 1 aromatic carbocycles. The van der Waals surface area contributed by atoms with Gasteiger partial charge in [0.05, 0.1) is 19.3 Å². The maximum atomic E-state index is 5.68. The fourth-order valence-corrected chi connectivity index (χ4v) is 1.80. The van der Waals surface area contributed by atoms with Crippen LogP contribution >= 0.6 is 0 Å². The Kier molecular flexibility index (Phi) is 4.47. The number of rotatable bonds is 5. The molecule has 0 saturated heterocycles. The third-order valence-corrected chi connectivity index (χ3v) is 2.96. The van der Waals surface area contributed by atoms with Crippen molar-refractivity contribution in [3.63, 3.8) is 0 Å². The van der Waals surface area contributed by atoms with Crippen LogP contribution in [0.15, 0.2) is 28.7 Å². The largest absolute Gasteiger partial charge is 0.495 e. The highest BCUT2D eigenvalue weighted by Crippen LogP contribution is 2.31. The first-order chi connectivity index (χ1) is 9.90. The van der Waals surface area contributed by atoms with Gasteiger partial charge >= 0.3 is 6.01 Å². The smallest absolute Gasteiger partial charge is 0.322 e. The third-order valence-electron chi connectivity index (χ3n) is 2.96. The Morgan fingerprint density at radius 3 is 2.62 bits per heavy atom. The number of aromatic nitrogens is 2. The van der Waals surface area contributed by atoms with Crippen LogP contribution in [0.1, 0.15) is 26.7 Å². The van der Waals surface area contributed by atoms with Gasteiger partial charge in [0.25, 0.3) is 0 Å². The van der Waals surface area contributed by atoms with Crippen molar-refractivity contribution in [3.05, 3.63) is 30.2 Å². The summed E-state index contributed by atoms with van der Waals surface area (Å²) in [7, 11) is 3.51. The zero-order valence-electron chi connectivity index (χ0n) is 13.2. The number of hydrogen-bond donors (Lipinski definition) is 1. The van der Waals surface area contributed by atoms with E-state index in [2.05, 4.69) is 36.3 Å². The number of benzene rings is 1. The van der Waals surface area contributed by atoms with Crippen molar-refractivity contribution in [2.24, 2.45) is 0 Å². The highest BCUT2D eigenvalue weighted by molar-refractivity contribution is 5.63. The van der Waals surface area contributed by atoms with E-state index in [1.807, 2.05) is 36.2 Å². The van der Waals surface area contributed by atoms with Gasteiger partial charge in [-0.1, -0.05) is 17.2 Å². The van der Waals surface area contributed by atoms with E-state index in [4.69, 9.17) is 9.15 Å². The zero-order valence-corrected chi connectivity index (χ0v) is 13.2. The number of ether oxygens (including phenoxy) is 1. The van der Waals surface area contributed by atoms with Gasteiger partial charge in [-0.3, -0.25) is 4.90 Å². The molecule has 2 rings (SSSR count). The zero-order chi connectivity index (χ0) is 15.5. The highest BCUT2D eigenvalue weighted by atomic mass is 16.5. The van der Waals surface area contributed by atoms with E-state index in [1.165, 1.54) is 0 Å². The lowest BCUT2D eigenvalue weighted by Gasteiger charge is -2.19. The van der Waals surface area contributed by atoms with Gasteiger partial charge in [0.2, 0.25) is 5.89 Å². The molecule has 6 nitrogen and oxygen atoms in total. The van der Waals surface area contributed by atoms with Crippen LogP contribution in [-0.4, -0.2) is 29.9 Å². The van der Waals surface area contributed by atoms with Crippen molar-refractivity contribution in [1.29, 1.82) is 0 Å². The lowest BCUT2D eigenvalue weighted by Crippen LogP contribution is -2.35. The Hall–Kier alpha value is -2.08. The summed E-state index contributed by atoms with van der Waals surface area (Å²) in [6.45, 7) is 6.80. The molecule has 0 unspecified atom stereocenters. The van der Waals surface area contributed by atoms with Crippen molar-refractivity contribution >= 4 is 11.7 Å². The maximum absolute atomic E-state index is 5.68. The second-order valence-corrected chi connectivity index (χ2v) is 5.81. The van der Waals surface area contributed by atoms with Crippen LogP contribution in [0.2, 0.25) is 0 Å². The molecule has 0 aliphatic heterocycles. The number of nitrogens with zero attached hydrogens (tertiary/aromatic N) is 3. The molecule has 21 heavy (non-hydrogen) atoms. The van der Waals surface area contributed by atoms with E-state index in [1.54, 1.807) is 7.11 Å². The normalized spacial score (nSPS) is 11.5. The van der Waals surface area contributed by atoms with Crippen molar-refractivity contribution in [3.8, 4) is 5.75 Å². The molecule has 0 bridgehead atoms. The Morgan fingerprint density at radius 2 is 1.95 bits per heavy atom. The lowest BCUT2D eigenvalue weighted by molar-refractivity contribution is 0.382. The first-order valence-electron chi connectivity index (χ1n) is 6.85. The topological polar surface area (TPSA) is 63.4 Å². The Labute approximate surface area is 125 Å². The number of nitrogens with one attached hydrogen (secondary N) is 1. The molecule has 0 atom stereocenters. The van der Waals surface area contributed by atoms with Crippen LogP contribution in [0.3, 0.4) is 0 Å². The van der Waals surface area contributed by atoms with Gasteiger partial charge < -0.3 is 14.5 Å². The molecule has 0 fully saturated rings. The van der Waals surface area contributed by atoms with Crippen molar-refractivity contribution < 1.29 is 9.15 Å². The molecule has 114 valence electrons. The lowest BCUT2D eigenvalue weighted by atomic mass is 10.1. The molecular formula is C15H22N4O2. The van der Waals surface area contributed by atoms with Crippen LogP contribution in [-0.2, 0) is 6.54 Å². The summed E-state index contributed by atoms with van der Waals surface area (Å²) in [5, 5.41) is 11.5. The second-order valence-electron chi connectivity index (χ2n) is 5.81. The Morgan fingerprint density at radius 1 is 1.24 bits per heavy atom. The minimum Gasteiger partial charge on any atom is -0.495 e. The van der Waals surface area contributed by atoms with E-state index in [0.29, 0.717) is 18.5 Å². The quantitative estimate of drug-likeness (QED) is 0.913. The van der Waals surface area contributed by atoms with Gasteiger partial charge in [-0.25, -0.2) is 0 Å². The molecule has 2 aromatic rings. The molecule has 1 heterocycles. The summed E-state index contributed by atoms with van der Waals surface area (Å²) in [4.78, 5) is 1.81. The van der Waals surface area contributed by atoms with Crippen LogP contribution in [0, 0.1) is 0 Å². The van der Waals surface area contributed by atoms with E-state index in [9.17, 15) is 0 Å². The summed E-state index contributed by atoms with van der Waals surface area (Å²) in [5.74, 6) is 1.31. The van der Waals surface area contributed by atoms with Gasteiger partial charge in [0, 0.05) is 12.6 Å². The fraction of sp³-hybridized carbons (Fsp3) is 0.467. The Balaban J connectivity index is 2.13. The minimum atomic E-state index is 0.00316. The average molecular weight is 290 g/mol. The van der Waals surface area contributed by atoms with E-state index < -0.39 is 0 Å². The standard InChI is InChI=1S/C15H22N4O2/c1-15(2,3)16-10-13-17-18-14(21-13)19(4)11-8-6-7-9-12(11)20-5/h6-9,16H,10H2,1-5H3. The SMILES string of the molecule is COc1ccccc1N(C)c1nnc(CNC(C)(C)C)o1. The summed E-state index contributed by atoms with van der Waals surface area (Å²) in [5.41, 5.74) is 0.877. The fourth-order valence-electron chi connectivity index (χ4n) is 1.80. The second kappa shape index (κ2) is 6.13. The summed E-state index contributed by atoms with van der Waals surface area (Å²) < 4.78 is 11.0. The molecule has 0 amide bonds. The van der Waals surface area contributed by atoms with Crippen molar-refractivity contribution in [1.82, 2.24) is 15.5 Å². The monoisotopic (exact) mass is 290 g/mol. The van der Waals surface area contributed by atoms with E-state index in [-0.39, 0.29) is 5.54 Å². The van der Waals surface area contributed by atoms with Crippen molar-refractivity contribution in [2.75, 3.05) is 19.1 Å². The molecule has 6 heteroatoms. The van der Waals surface area contributed by atoms with Gasteiger partial charge in [-0.05, 0) is 32.9 Å². The van der Waals surface area contributed by atoms with Gasteiger partial charge in [-0.15, -0.1) is 5.10 Å². The van der Waals surface area contributed by atoms with E-state index in [0.717, 1.165) is 11.4 Å². The van der Waals surface area contributed by atoms with Crippen LogP contribution in [0.25, 0.3) is 0 Å². The molecule has 1 aromatic heterocycles. The molecule has 0 spiro atoms. The van der Waals surface area contributed by atoms with Crippen LogP contribution in [0.4, 0.5) is 11.7 Å². The predicted molar refractivity (Wildman–Crippen MR) is 81.9 cm³/mol. The van der Waals surface area contributed by atoms with Crippen LogP contribution in [0.5, 0.6) is 5.75 Å². The molecule has 0 radical (unpaired) electrons. The predicted octanol–water partition coefficient (Wildman–Crippen LogP) is 2.73. The number of methoxy groups -OCH3 is 1. The van der Waals surface area contributed by atoms with Crippen LogP contribution < -0.4 is 15.0 Å². The highest BCUT2D eigenvalue weighted by Gasteiger charge is 2.17. The third kappa shape index (κ3) is 3.95. The summed E-state index contributed by atoms with van der Waals surface area (Å²) in [6, 6.07) is 8.13.